The van der Waals surface area contributed by atoms with Crippen molar-refractivity contribution in [2.75, 3.05) is 14.2 Å². The first-order valence-electron chi connectivity index (χ1n) is 5.25. The molecule has 2 aromatic rings. The molecule has 0 fully saturated rings. The number of carbonyl (C=O) groups is 1. The Morgan fingerprint density at radius 3 is 2.76 bits per heavy atom. The molecule has 0 unspecified atom stereocenters. The summed E-state index contributed by atoms with van der Waals surface area (Å²) in [6.45, 7) is 1.93. The first-order chi connectivity index (χ1) is 8.19. The van der Waals surface area contributed by atoms with Crippen molar-refractivity contribution in [3.8, 4) is 5.75 Å². The summed E-state index contributed by atoms with van der Waals surface area (Å²) in [6, 6.07) is 3.31. The minimum atomic E-state index is -0.465. The highest BCUT2D eigenvalue weighted by atomic mass is 16.5. The fourth-order valence-corrected chi connectivity index (χ4v) is 1.58. The van der Waals surface area contributed by atoms with Crippen molar-refractivity contribution in [3.63, 3.8) is 0 Å². The molecule has 0 saturated heterocycles. The van der Waals surface area contributed by atoms with E-state index in [0.717, 1.165) is 0 Å². The Balaban J connectivity index is 2.69. The van der Waals surface area contributed by atoms with Crippen molar-refractivity contribution < 1.29 is 18.7 Å². The number of esters is 1. The SMILES string of the molecule is CCc1nc2cc(OC)cc(C(=O)OC)c2o1. The van der Waals surface area contributed by atoms with Crippen LogP contribution in [0.15, 0.2) is 16.5 Å². The smallest absolute Gasteiger partial charge is 0.341 e. The van der Waals surface area contributed by atoms with Crippen LogP contribution in [0, 0.1) is 0 Å². The van der Waals surface area contributed by atoms with Crippen molar-refractivity contribution in [2.45, 2.75) is 13.3 Å². The highest BCUT2D eigenvalue weighted by Crippen LogP contribution is 2.26. The van der Waals surface area contributed by atoms with Crippen molar-refractivity contribution in [2.24, 2.45) is 0 Å². The Bertz CT molecular complexity index is 559. The summed E-state index contributed by atoms with van der Waals surface area (Å²) in [6.07, 6.45) is 0.664. The number of nitrogens with zero attached hydrogens (tertiary/aromatic N) is 1. The molecule has 0 aliphatic carbocycles. The Kier molecular flexibility index (Phi) is 2.99. The number of benzene rings is 1. The van der Waals surface area contributed by atoms with Gasteiger partial charge in [-0.2, -0.15) is 0 Å². The molecule has 0 radical (unpaired) electrons. The summed E-state index contributed by atoms with van der Waals surface area (Å²) in [4.78, 5) is 15.9. The number of carbonyl (C=O) groups excluding carboxylic acids is 1. The molecule has 0 spiro atoms. The van der Waals surface area contributed by atoms with Crippen LogP contribution in [0.25, 0.3) is 11.1 Å². The van der Waals surface area contributed by atoms with E-state index in [-0.39, 0.29) is 0 Å². The number of methoxy groups -OCH3 is 2. The minimum Gasteiger partial charge on any atom is -0.497 e. The molecule has 0 bridgehead atoms. The van der Waals surface area contributed by atoms with Crippen molar-refractivity contribution in [1.82, 2.24) is 4.98 Å². The second kappa shape index (κ2) is 4.45. The summed E-state index contributed by atoms with van der Waals surface area (Å²) < 4.78 is 15.3. The summed E-state index contributed by atoms with van der Waals surface area (Å²) in [5.41, 5.74) is 1.37. The van der Waals surface area contributed by atoms with Gasteiger partial charge >= 0.3 is 5.97 Å². The number of oxazole rings is 1. The van der Waals surface area contributed by atoms with Gasteiger partial charge in [0.05, 0.1) is 14.2 Å². The normalized spacial score (nSPS) is 10.5. The number of ether oxygens (including phenoxy) is 2. The quantitative estimate of drug-likeness (QED) is 0.763. The predicted octanol–water partition coefficient (Wildman–Crippen LogP) is 2.19. The summed E-state index contributed by atoms with van der Waals surface area (Å²) in [7, 11) is 2.85. The molecule has 1 aromatic carbocycles. The largest absolute Gasteiger partial charge is 0.497 e. The van der Waals surface area contributed by atoms with Crippen LogP contribution >= 0.6 is 0 Å². The molecule has 0 aliphatic heterocycles. The van der Waals surface area contributed by atoms with E-state index in [4.69, 9.17) is 13.9 Å². The summed E-state index contributed by atoms with van der Waals surface area (Å²) >= 11 is 0. The molecule has 90 valence electrons. The van der Waals surface area contributed by atoms with E-state index in [2.05, 4.69) is 4.98 Å². The van der Waals surface area contributed by atoms with Gasteiger partial charge in [0, 0.05) is 12.5 Å². The molecule has 0 N–H and O–H groups in total. The summed E-state index contributed by atoms with van der Waals surface area (Å²) in [5, 5.41) is 0. The van der Waals surface area contributed by atoms with E-state index in [9.17, 15) is 4.79 Å². The third kappa shape index (κ3) is 1.95. The number of rotatable bonds is 3. The number of hydrogen-bond donors (Lipinski definition) is 0. The molecule has 5 heteroatoms. The van der Waals surface area contributed by atoms with Gasteiger partial charge < -0.3 is 13.9 Å². The second-order valence-electron chi connectivity index (χ2n) is 3.48. The van der Waals surface area contributed by atoms with Crippen LogP contribution in [0.4, 0.5) is 0 Å². The van der Waals surface area contributed by atoms with E-state index >= 15 is 0 Å². The van der Waals surface area contributed by atoms with Gasteiger partial charge in [0.2, 0.25) is 0 Å². The fraction of sp³-hybridized carbons (Fsp3) is 0.333. The van der Waals surface area contributed by atoms with E-state index < -0.39 is 5.97 Å². The zero-order chi connectivity index (χ0) is 12.4. The van der Waals surface area contributed by atoms with Crippen LogP contribution in [0.1, 0.15) is 23.2 Å². The third-order valence-electron chi connectivity index (χ3n) is 2.45. The molecular weight excluding hydrogens is 222 g/mol. The molecule has 17 heavy (non-hydrogen) atoms. The van der Waals surface area contributed by atoms with Crippen molar-refractivity contribution >= 4 is 17.1 Å². The van der Waals surface area contributed by atoms with Crippen LogP contribution < -0.4 is 4.74 Å². The molecule has 0 atom stereocenters. The summed E-state index contributed by atoms with van der Waals surface area (Å²) in [5.74, 6) is 0.667. The van der Waals surface area contributed by atoms with E-state index in [1.807, 2.05) is 6.92 Å². The number of fused-ring (bicyclic) bond motifs is 1. The van der Waals surface area contributed by atoms with Gasteiger partial charge in [-0.15, -0.1) is 0 Å². The molecule has 1 heterocycles. The lowest BCUT2D eigenvalue weighted by molar-refractivity contribution is 0.0601. The molecule has 0 amide bonds. The monoisotopic (exact) mass is 235 g/mol. The van der Waals surface area contributed by atoms with Crippen LogP contribution in [-0.2, 0) is 11.2 Å². The minimum absolute atomic E-state index is 0.328. The van der Waals surface area contributed by atoms with Gasteiger partial charge in [-0.3, -0.25) is 0 Å². The second-order valence-corrected chi connectivity index (χ2v) is 3.48. The number of hydrogen-bond acceptors (Lipinski definition) is 5. The highest BCUT2D eigenvalue weighted by molar-refractivity contribution is 6.01. The Hall–Kier alpha value is -2.04. The number of aromatic nitrogens is 1. The molecule has 0 aliphatic rings. The fourth-order valence-electron chi connectivity index (χ4n) is 1.58. The zero-order valence-electron chi connectivity index (χ0n) is 9.94. The van der Waals surface area contributed by atoms with Gasteiger partial charge in [-0.1, -0.05) is 6.92 Å². The van der Waals surface area contributed by atoms with E-state index in [1.54, 1.807) is 12.1 Å². The van der Waals surface area contributed by atoms with Gasteiger partial charge in [0.1, 0.15) is 16.8 Å². The zero-order valence-corrected chi connectivity index (χ0v) is 9.94. The lowest BCUT2D eigenvalue weighted by Gasteiger charge is -2.03. The van der Waals surface area contributed by atoms with Gasteiger partial charge in [-0.25, -0.2) is 9.78 Å². The average molecular weight is 235 g/mol. The Morgan fingerprint density at radius 2 is 2.18 bits per heavy atom. The standard InChI is InChI=1S/C12H13NO4/c1-4-10-13-9-6-7(15-2)5-8(11(9)17-10)12(14)16-3/h5-6H,4H2,1-3H3. The van der Waals surface area contributed by atoms with Gasteiger partial charge in [-0.05, 0) is 6.07 Å². The maximum absolute atomic E-state index is 11.6. The van der Waals surface area contributed by atoms with Crippen LogP contribution in [-0.4, -0.2) is 25.2 Å². The maximum atomic E-state index is 11.6. The molecule has 1 aromatic heterocycles. The van der Waals surface area contributed by atoms with Crippen LogP contribution in [0.3, 0.4) is 0 Å². The Labute approximate surface area is 98.3 Å². The van der Waals surface area contributed by atoms with E-state index in [0.29, 0.717) is 34.7 Å². The molecular formula is C12H13NO4. The van der Waals surface area contributed by atoms with Gasteiger partial charge in [0.15, 0.2) is 11.5 Å². The topological polar surface area (TPSA) is 61.6 Å². The number of aryl methyl sites for hydroxylation is 1. The first kappa shape index (κ1) is 11.4. The van der Waals surface area contributed by atoms with Gasteiger partial charge in [0.25, 0.3) is 0 Å². The first-order valence-corrected chi connectivity index (χ1v) is 5.25. The Morgan fingerprint density at radius 1 is 1.41 bits per heavy atom. The van der Waals surface area contributed by atoms with Crippen molar-refractivity contribution in [1.29, 1.82) is 0 Å². The molecule has 0 saturated carbocycles. The lowest BCUT2D eigenvalue weighted by Crippen LogP contribution is -2.02. The third-order valence-corrected chi connectivity index (χ3v) is 2.45. The van der Waals surface area contributed by atoms with Crippen molar-refractivity contribution in [3.05, 3.63) is 23.6 Å². The maximum Gasteiger partial charge on any atom is 0.341 e. The van der Waals surface area contributed by atoms with Crippen LogP contribution in [0.5, 0.6) is 5.75 Å². The average Bonchev–Trinajstić information content (AvgIpc) is 2.79. The van der Waals surface area contributed by atoms with Crippen LogP contribution in [0.2, 0.25) is 0 Å². The molecule has 2 rings (SSSR count). The van der Waals surface area contributed by atoms with E-state index in [1.165, 1.54) is 14.2 Å². The lowest BCUT2D eigenvalue weighted by atomic mass is 10.2. The predicted molar refractivity (Wildman–Crippen MR) is 61.3 cm³/mol. The molecule has 5 nitrogen and oxygen atoms in total. The highest BCUT2D eigenvalue weighted by Gasteiger charge is 2.17.